The molecule has 0 bridgehead atoms. The van der Waals surface area contributed by atoms with Gasteiger partial charge in [-0.15, -0.1) is 0 Å². The van der Waals surface area contributed by atoms with E-state index in [1.165, 1.54) is 15.6 Å². The molecule has 3 rings (SSSR count). The fourth-order valence-corrected chi connectivity index (χ4v) is 3.06. The summed E-state index contributed by atoms with van der Waals surface area (Å²) in [5.41, 5.74) is 0.249. The molecule has 0 aliphatic carbocycles. The van der Waals surface area contributed by atoms with E-state index < -0.39 is 16.5 Å². The van der Waals surface area contributed by atoms with Crippen LogP contribution in [0.5, 0.6) is 0 Å². The number of aryl methyl sites for hydroxylation is 1. The highest BCUT2D eigenvalue weighted by molar-refractivity contribution is 6.42. The van der Waals surface area contributed by atoms with E-state index in [4.69, 9.17) is 34.8 Å². The molecule has 0 aliphatic heterocycles. The minimum absolute atomic E-state index is 0.0740. The van der Waals surface area contributed by atoms with Crippen LogP contribution in [0.4, 0.5) is 11.5 Å². The average molecular weight is 444 g/mol. The van der Waals surface area contributed by atoms with E-state index in [-0.39, 0.29) is 23.1 Å². The van der Waals surface area contributed by atoms with Gasteiger partial charge in [-0.3, -0.25) is 24.3 Å². The number of benzene rings is 1. The zero-order chi connectivity index (χ0) is 20.4. The van der Waals surface area contributed by atoms with Crippen molar-refractivity contribution in [3.05, 3.63) is 67.0 Å². The number of halogens is 3. The van der Waals surface area contributed by atoms with Gasteiger partial charge in [-0.2, -0.15) is 10.2 Å². The molecule has 3 aromatic rings. The van der Waals surface area contributed by atoms with Gasteiger partial charge in [0, 0.05) is 12.7 Å². The minimum atomic E-state index is -0.729. The lowest BCUT2D eigenvalue weighted by molar-refractivity contribution is -0.385. The first-order valence-electron chi connectivity index (χ1n) is 7.98. The van der Waals surface area contributed by atoms with Crippen LogP contribution in [-0.4, -0.2) is 30.4 Å². The Kier molecular flexibility index (Phi) is 5.87. The van der Waals surface area contributed by atoms with Crippen LogP contribution >= 0.6 is 34.8 Å². The first-order chi connectivity index (χ1) is 13.3. The maximum Gasteiger partial charge on any atom is 0.320 e. The molecule has 1 amide bonds. The summed E-state index contributed by atoms with van der Waals surface area (Å²) in [4.78, 5) is 23.0. The lowest BCUT2D eigenvalue weighted by Crippen LogP contribution is -2.19. The number of nitrogens with zero attached hydrogens (tertiary/aromatic N) is 5. The van der Waals surface area contributed by atoms with E-state index in [2.05, 4.69) is 15.5 Å². The number of nitro groups is 1. The molecule has 0 atom stereocenters. The summed E-state index contributed by atoms with van der Waals surface area (Å²) in [6.07, 6.45) is 2.55. The molecular formula is C16H13Cl3N6O3. The van der Waals surface area contributed by atoms with Crippen LogP contribution in [0.3, 0.4) is 0 Å². The van der Waals surface area contributed by atoms with E-state index in [1.807, 2.05) is 0 Å². The Morgan fingerprint density at radius 2 is 2.00 bits per heavy atom. The molecule has 0 saturated carbocycles. The molecule has 12 heteroatoms. The number of aromatic nitrogens is 4. The smallest absolute Gasteiger partial charge is 0.302 e. The molecule has 9 nitrogen and oxygen atoms in total. The summed E-state index contributed by atoms with van der Waals surface area (Å²) in [7, 11) is 0. The molecule has 0 unspecified atom stereocenters. The van der Waals surface area contributed by atoms with E-state index in [0.717, 1.165) is 11.8 Å². The first kappa shape index (κ1) is 20.1. The van der Waals surface area contributed by atoms with Gasteiger partial charge < -0.3 is 5.32 Å². The maximum absolute atomic E-state index is 12.6. The second kappa shape index (κ2) is 8.17. The summed E-state index contributed by atoms with van der Waals surface area (Å²) in [5.74, 6) is -0.655. The van der Waals surface area contributed by atoms with Crippen molar-refractivity contribution in [1.82, 2.24) is 19.6 Å². The van der Waals surface area contributed by atoms with Crippen molar-refractivity contribution >= 4 is 52.2 Å². The Hall–Kier alpha value is -2.62. The molecular weight excluding hydrogens is 431 g/mol. The minimum Gasteiger partial charge on any atom is -0.302 e. The van der Waals surface area contributed by atoms with E-state index >= 15 is 0 Å². The summed E-state index contributed by atoms with van der Waals surface area (Å²) in [6, 6.07) is 5.14. The molecule has 0 spiro atoms. The molecule has 0 fully saturated rings. The largest absolute Gasteiger partial charge is 0.320 e. The highest BCUT2D eigenvalue weighted by Crippen LogP contribution is 2.25. The number of hydrogen-bond acceptors (Lipinski definition) is 5. The standard InChI is InChI=1S/C16H13Cl3N6O3/c1-2-24-14(13(6-20-24)25(27)28)16(26)21-15-12(19)8-23(22-15)7-9-3-4-10(17)11(18)5-9/h3-6,8H,2,7H2,1H3,(H,21,22,26). The monoisotopic (exact) mass is 442 g/mol. The molecule has 1 aromatic carbocycles. The van der Waals surface area contributed by atoms with Crippen LogP contribution in [0.25, 0.3) is 0 Å². The van der Waals surface area contributed by atoms with Crippen molar-refractivity contribution in [1.29, 1.82) is 0 Å². The number of anilines is 1. The number of nitrogens with one attached hydrogen (secondary N) is 1. The molecule has 1 N–H and O–H groups in total. The lowest BCUT2D eigenvalue weighted by atomic mass is 10.2. The Morgan fingerprint density at radius 3 is 2.64 bits per heavy atom. The summed E-state index contributed by atoms with van der Waals surface area (Å²) in [5, 5.41) is 22.7. The number of hydrogen-bond donors (Lipinski definition) is 1. The molecule has 0 saturated heterocycles. The van der Waals surface area contributed by atoms with Crippen LogP contribution in [0.2, 0.25) is 15.1 Å². The van der Waals surface area contributed by atoms with Crippen molar-refractivity contribution in [3.8, 4) is 0 Å². The van der Waals surface area contributed by atoms with Gasteiger partial charge in [0.2, 0.25) is 5.69 Å². The van der Waals surface area contributed by atoms with Crippen LogP contribution in [0.1, 0.15) is 23.0 Å². The Balaban J connectivity index is 1.82. The second-order valence-corrected chi connectivity index (χ2v) is 6.90. The Labute approximate surface area is 173 Å². The van der Waals surface area contributed by atoms with Gasteiger partial charge in [-0.1, -0.05) is 40.9 Å². The lowest BCUT2D eigenvalue weighted by Gasteiger charge is -2.05. The highest BCUT2D eigenvalue weighted by Gasteiger charge is 2.27. The third kappa shape index (κ3) is 4.11. The molecule has 146 valence electrons. The van der Waals surface area contributed by atoms with Gasteiger partial charge in [0.15, 0.2) is 5.82 Å². The second-order valence-electron chi connectivity index (χ2n) is 5.68. The number of carbonyl (C=O) groups excluding carboxylic acids is 1. The molecule has 0 radical (unpaired) electrons. The van der Waals surface area contributed by atoms with Crippen molar-refractivity contribution in [2.75, 3.05) is 5.32 Å². The van der Waals surface area contributed by atoms with Gasteiger partial charge >= 0.3 is 5.69 Å². The first-order valence-corrected chi connectivity index (χ1v) is 9.12. The summed E-state index contributed by atoms with van der Waals surface area (Å²) in [6.45, 7) is 2.34. The zero-order valence-corrected chi connectivity index (χ0v) is 16.7. The number of carbonyl (C=O) groups is 1. The van der Waals surface area contributed by atoms with Crippen molar-refractivity contribution in [3.63, 3.8) is 0 Å². The van der Waals surface area contributed by atoms with E-state index in [0.29, 0.717) is 16.6 Å². The van der Waals surface area contributed by atoms with Crippen LogP contribution in [-0.2, 0) is 13.1 Å². The normalized spacial score (nSPS) is 10.9. The Morgan fingerprint density at radius 1 is 1.25 bits per heavy atom. The third-order valence-electron chi connectivity index (χ3n) is 3.81. The topological polar surface area (TPSA) is 108 Å². The molecule has 2 aromatic heterocycles. The van der Waals surface area contributed by atoms with Crippen molar-refractivity contribution in [2.45, 2.75) is 20.0 Å². The maximum atomic E-state index is 12.6. The van der Waals surface area contributed by atoms with Crippen LogP contribution < -0.4 is 5.32 Å². The van der Waals surface area contributed by atoms with Gasteiger partial charge in [0.05, 0.1) is 21.5 Å². The van der Waals surface area contributed by atoms with E-state index in [9.17, 15) is 14.9 Å². The average Bonchev–Trinajstić information content (AvgIpc) is 3.22. The van der Waals surface area contributed by atoms with Gasteiger partial charge in [0.1, 0.15) is 11.2 Å². The van der Waals surface area contributed by atoms with Gasteiger partial charge in [-0.05, 0) is 24.6 Å². The molecule has 28 heavy (non-hydrogen) atoms. The summed E-state index contributed by atoms with van der Waals surface area (Å²) < 4.78 is 2.73. The number of rotatable bonds is 6. The highest BCUT2D eigenvalue weighted by atomic mass is 35.5. The van der Waals surface area contributed by atoms with E-state index in [1.54, 1.807) is 25.1 Å². The van der Waals surface area contributed by atoms with Crippen molar-refractivity contribution < 1.29 is 9.72 Å². The molecule has 0 aliphatic rings. The SMILES string of the molecule is CCn1ncc([N+](=O)[O-])c1C(=O)Nc1nn(Cc2ccc(Cl)c(Cl)c2)cc1Cl. The molecule has 2 heterocycles. The van der Waals surface area contributed by atoms with Gasteiger partial charge in [-0.25, -0.2) is 0 Å². The van der Waals surface area contributed by atoms with Gasteiger partial charge in [0.25, 0.3) is 5.91 Å². The third-order valence-corrected chi connectivity index (χ3v) is 4.82. The zero-order valence-electron chi connectivity index (χ0n) is 14.4. The fraction of sp³-hybridized carbons (Fsp3) is 0.188. The fourth-order valence-electron chi connectivity index (χ4n) is 2.54. The van der Waals surface area contributed by atoms with Crippen LogP contribution in [0, 0.1) is 10.1 Å². The predicted octanol–water partition coefficient (Wildman–Crippen LogP) is 4.27. The quantitative estimate of drug-likeness (QED) is 0.452. The van der Waals surface area contributed by atoms with Crippen LogP contribution in [0.15, 0.2) is 30.6 Å². The Bertz CT molecular complexity index is 1060. The summed E-state index contributed by atoms with van der Waals surface area (Å²) >= 11 is 18.1. The number of amides is 1. The van der Waals surface area contributed by atoms with Crippen molar-refractivity contribution in [2.24, 2.45) is 0 Å². The predicted molar refractivity (Wildman–Crippen MR) is 105 cm³/mol.